The van der Waals surface area contributed by atoms with Gasteiger partial charge in [0.05, 0.1) is 6.04 Å². The van der Waals surface area contributed by atoms with Crippen LogP contribution in [-0.2, 0) is 0 Å². The fraction of sp³-hybridized carbons (Fsp3) is 0.351. The van der Waals surface area contributed by atoms with E-state index in [1.54, 1.807) is 0 Å². The molecule has 0 spiro atoms. The van der Waals surface area contributed by atoms with E-state index < -0.39 is 0 Å². The van der Waals surface area contributed by atoms with Crippen molar-refractivity contribution in [2.24, 2.45) is 0 Å². The maximum Gasteiger partial charge on any atom is 0.0598 e. The first kappa shape index (κ1) is 28.1. The summed E-state index contributed by atoms with van der Waals surface area (Å²) in [4.78, 5) is 7.85. The van der Waals surface area contributed by atoms with Crippen molar-refractivity contribution in [2.45, 2.75) is 51.6 Å². The van der Waals surface area contributed by atoms with Crippen LogP contribution in [0.15, 0.2) is 126 Å². The smallest absolute Gasteiger partial charge is 0.0598 e. The second-order valence-corrected chi connectivity index (χ2v) is 11.3. The Hall–Kier alpha value is -3.40. The lowest BCUT2D eigenvalue weighted by Gasteiger charge is -2.41. The molecule has 0 saturated carbocycles. The molecular weight excluding hydrogens is 486 g/mol. The zero-order valence-corrected chi connectivity index (χ0v) is 24.5. The van der Waals surface area contributed by atoms with Crippen LogP contribution in [0.5, 0.6) is 0 Å². The van der Waals surface area contributed by atoms with Crippen LogP contribution in [0.2, 0.25) is 0 Å². The zero-order valence-electron chi connectivity index (χ0n) is 24.5. The summed E-state index contributed by atoms with van der Waals surface area (Å²) in [6.45, 7) is 8.72. The average molecular weight is 532 g/mol. The van der Waals surface area contributed by atoms with Gasteiger partial charge in [-0.2, -0.15) is 0 Å². The summed E-state index contributed by atoms with van der Waals surface area (Å²) in [6.07, 6.45) is 24.9. The van der Waals surface area contributed by atoms with Crippen LogP contribution in [0.3, 0.4) is 0 Å². The number of hydrogen-bond donors (Lipinski definition) is 0. The van der Waals surface area contributed by atoms with E-state index in [0.29, 0.717) is 12.1 Å². The molecule has 1 heterocycles. The monoisotopic (exact) mass is 531 g/mol. The van der Waals surface area contributed by atoms with Crippen molar-refractivity contribution >= 4 is 5.69 Å². The number of likely N-dealkylation sites (N-methyl/N-ethyl adjacent to an activating group) is 1. The van der Waals surface area contributed by atoms with E-state index in [0.717, 1.165) is 39.0 Å². The van der Waals surface area contributed by atoms with E-state index in [-0.39, 0.29) is 0 Å². The molecule has 1 atom stereocenters. The fourth-order valence-corrected chi connectivity index (χ4v) is 6.33. The lowest BCUT2D eigenvalue weighted by Crippen LogP contribution is -2.46. The number of hydrogen-bond acceptors (Lipinski definition) is 3. The lowest BCUT2D eigenvalue weighted by atomic mass is 9.92. The van der Waals surface area contributed by atoms with Crippen LogP contribution < -0.4 is 4.90 Å². The molecule has 0 bridgehead atoms. The van der Waals surface area contributed by atoms with E-state index in [1.165, 1.54) is 46.5 Å². The van der Waals surface area contributed by atoms with E-state index in [1.807, 2.05) is 0 Å². The Labute approximate surface area is 242 Å². The Balaban J connectivity index is 1.27. The van der Waals surface area contributed by atoms with Gasteiger partial charge in [-0.3, -0.25) is 4.90 Å². The Kier molecular flexibility index (Phi) is 9.70. The maximum absolute atomic E-state index is 2.71. The van der Waals surface area contributed by atoms with Gasteiger partial charge in [-0.1, -0.05) is 97.1 Å². The van der Waals surface area contributed by atoms with Gasteiger partial charge in [0.2, 0.25) is 0 Å². The van der Waals surface area contributed by atoms with Crippen LogP contribution in [0.1, 0.15) is 49.8 Å². The molecule has 3 aliphatic rings. The van der Waals surface area contributed by atoms with Crippen LogP contribution in [-0.4, -0.2) is 49.1 Å². The maximum atomic E-state index is 2.71. The van der Waals surface area contributed by atoms with Gasteiger partial charge < -0.3 is 9.80 Å². The van der Waals surface area contributed by atoms with Crippen LogP contribution in [0.4, 0.5) is 5.69 Å². The van der Waals surface area contributed by atoms with Crippen molar-refractivity contribution in [3.63, 3.8) is 0 Å². The second kappa shape index (κ2) is 13.8. The Morgan fingerprint density at radius 1 is 0.800 bits per heavy atom. The quantitative estimate of drug-likeness (QED) is 0.323. The first-order valence-electron chi connectivity index (χ1n) is 15.0. The molecule has 3 nitrogen and oxygen atoms in total. The van der Waals surface area contributed by atoms with Gasteiger partial charge >= 0.3 is 0 Å². The summed E-state index contributed by atoms with van der Waals surface area (Å²) in [6, 6.07) is 20.8. The zero-order chi connectivity index (χ0) is 27.7. The number of likely N-dealkylation sites (tertiary alicyclic amines) is 1. The summed E-state index contributed by atoms with van der Waals surface area (Å²) in [5.41, 5.74) is 8.10. The number of aryl methyl sites for hydroxylation is 1. The first-order chi connectivity index (χ1) is 19.6. The second-order valence-electron chi connectivity index (χ2n) is 11.3. The minimum atomic E-state index is 0.324. The molecular formula is C37H45N3. The normalized spacial score (nSPS) is 19.1. The molecule has 1 saturated heterocycles. The van der Waals surface area contributed by atoms with Gasteiger partial charge in [0.1, 0.15) is 0 Å². The average Bonchev–Trinajstić information content (AvgIpc) is 3.38. The Morgan fingerprint density at radius 2 is 1.55 bits per heavy atom. The molecule has 0 aromatic heterocycles. The third-order valence-electron chi connectivity index (χ3n) is 8.64. The summed E-state index contributed by atoms with van der Waals surface area (Å²) in [5.74, 6) is 0. The predicted molar refractivity (Wildman–Crippen MR) is 172 cm³/mol. The van der Waals surface area contributed by atoms with Crippen LogP contribution in [0.25, 0.3) is 0 Å². The van der Waals surface area contributed by atoms with Crippen molar-refractivity contribution in [1.29, 1.82) is 0 Å². The number of para-hydroxylation sites is 1. The third kappa shape index (κ3) is 6.83. The fourth-order valence-electron chi connectivity index (χ4n) is 6.33. The predicted octanol–water partition coefficient (Wildman–Crippen LogP) is 8.17. The molecule has 40 heavy (non-hydrogen) atoms. The molecule has 3 heteroatoms. The third-order valence-corrected chi connectivity index (χ3v) is 8.64. The van der Waals surface area contributed by atoms with Crippen molar-refractivity contribution in [3.05, 3.63) is 137 Å². The summed E-state index contributed by atoms with van der Waals surface area (Å²) < 4.78 is 0. The molecule has 2 aliphatic carbocycles. The number of benzene rings is 2. The lowest BCUT2D eigenvalue weighted by molar-refractivity contribution is 0.110. The first-order valence-corrected chi connectivity index (χ1v) is 15.0. The molecule has 0 N–H and O–H groups in total. The standard InChI is InChI=1S/C37H45N3/c1-30-16-8-6-13-22-35(30)40(36-23-15-14-17-31(36)2)29-28-38(3)34-24-26-39(27-25-34)37(33-20-11-7-12-21-33)32-18-9-4-5-10-19-32/h4-5,7-9,11-23,34,37H,6,10,24-29H2,1-3H3. The highest BCUT2D eigenvalue weighted by atomic mass is 15.2. The summed E-state index contributed by atoms with van der Waals surface area (Å²) >= 11 is 0. The van der Waals surface area contributed by atoms with E-state index in [4.69, 9.17) is 0 Å². The van der Waals surface area contributed by atoms with Gasteiger partial charge in [0, 0.05) is 43.6 Å². The van der Waals surface area contributed by atoms with Crippen molar-refractivity contribution in [2.75, 3.05) is 38.1 Å². The van der Waals surface area contributed by atoms with Crippen molar-refractivity contribution in [3.8, 4) is 0 Å². The van der Waals surface area contributed by atoms with E-state index in [2.05, 4.69) is 145 Å². The molecule has 0 radical (unpaired) electrons. The van der Waals surface area contributed by atoms with Gasteiger partial charge in [0.15, 0.2) is 0 Å². The highest BCUT2D eigenvalue weighted by molar-refractivity contribution is 5.61. The molecule has 1 unspecified atom stereocenters. The molecule has 2 aromatic carbocycles. The van der Waals surface area contributed by atoms with Gasteiger partial charge in [-0.05, 0) is 81.0 Å². The molecule has 0 amide bonds. The molecule has 1 fully saturated rings. The number of anilines is 1. The van der Waals surface area contributed by atoms with Gasteiger partial charge in [-0.15, -0.1) is 0 Å². The molecule has 2 aromatic rings. The molecule has 5 rings (SSSR count). The summed E-state index contributed by atoms with van der Waals surface area (Å²) in [5, 5.41) is 0. The molecule has 1 aliphatic heterocycles. The van der Waals surface area contributed by atoms with Crippen molar-refractivity contribution in [1.82, 2.24) is 9.80 Å². The highest BCUT2D eigenvalue weighted by Gasteiger charge is 2.29. The highest BCUT2D eigenvalue weighted by Crippen LogP contribution is 2.34. The number of allylic oxidation sites excluding steroid dienone is 9. The minimum absolute atomic E-state index is 0.324. The van der Waals surface area contributed by atoms with E-state index in [9.17, 15) is 0 Å². The topological polar surface area (TPSA) is 9.72 Å². The van der Waals surface area contributed by atoms with Gasteiger partial charge in [-0.25, -0.2) is 0 Å². The Morgan fingerprint density at radius 3 is 2.35 bits per heavy atom. The number of nitrogens with zero attached hydrogens (tertiary/aromatic N) is 3. The van der Waals surface area contributed by atoms with Crippen LogP contribution in [0, 0.1) is 6.92 Å². The largest absolute Gasteiger partial charge is 0.340 e. The van der Waals surface area contributed by atoms with Gasteiger partial charge in [0.25, 0.3) is 0 Å². The SMILES string of the molecule is CC1=C(N(CCN(C)C2CCN(C(C3=CCC=CC=C3)c3ccccc3)CC2)c2ccccc2C)C=CCC=C1. The number of piperidine rings is 1. The Bertz CT molecular complexity index is 1300. The molecule has 208 valence electrons. The summed E-state index contributed by atoms with van der Waals surface area (Å²) in [7, 11) is 2.33. The van der Waals surface area contributed by atoms with E-state index >= 15 is 0 Å². The minimum Gasteiger partial charge on any atom is -0.340 e. The number of rotatable bonds is 9. The van der Waals surface area contributed by atoms with Crippen molar-refractivity contribution < 1.29 is 0 Å². The van der Waals surface area contributed by atoms with Crippen LogP contribution >= 0.6 is 0 Å².